The van der Waals surface area contributed by atoms with Gasteiger partial charge in [0, 0.05) is 36.3 Å². The lowest BCUT2D eigenvalue weighted by Crippen LogP contribution is -2.41. The van der Waals surface area contributed by atoms with Gasteiger partial charge in [0.1, 0.15) is 23.6 Å². The Balaban J connectivity index is 1.29. The average Bonchev–Trinajstić information content (AvgIpc) is 3.58. The van der Waals surface area contributed by atoms with E-state index in [1.807, 2.05) is 36.4 Å². The molecule has 0 spiro atoms. The number of piperidine rings is 1. The second-order valence-corrected chi connectivity index (χ2v) is 13.5. The van der Waals surface area contributed by atoms with E-state index in [4.69, 9.17) is 42.1 Å². The highest BCUT2D eigenvalue weighted by Crippen LogP contribution is 2.36. The van der Waals surface area contributed by atoms with Gasteiger partial charge in [-0.3, -0.25) is 10.3 Å². The number of esters is 2. The Morgan fingerprint density at radius 3 is 2.44 bits per heavy atom. The van der Waals surface area contributed by atoms with E-state index >= 15 is 0 Å². The minimum Gasteiger partial charge on any atom is -0.493 e. The van der Waals surface area contributed by atoms with Crippen molar-refractivity contribution in [3.8, 4) is 11.5 Å². The Bertz CT molecular complexity index is 1670. The molecule has 1 N–H and O–H groups in total. The number of hydrogen-bond acceptors (Lipinski definition) is 10. The molecular formula is C36H39Cl2N3O6S. The molecule has 2 aromatic carbocycles. The first-order valence-corrected chi connectivity index (χ1v) is 17.3. The first kappa shape index (κ1) is 35.6. The molecule has 0 saturated carbocycles. The first-order chi connectivity index (χ1) is 23.3. The molecule has 12 heteroatoms. The number of halogens is 2. The molecule has 5 rings (SSSR count). The summed E-state index contributed by atoms with van der Waals surface area (Å²) in [5.74, 6) is 0.191. The number of methoxy groups -OCH3 is 2. The van der Waals surface area contributed by atoms with Crippen LogP contribution in [0.2, 0.25) is 10.0 Å². The number of carbonyl (C=O) groups excluding carboxylic acids is 2. The normalized spacial score (nSPS) is 16.1. The predicted octanol–water partition coefficient (Wildman–Crippen LogP) is 7.47. The van der Waals surface area contributed by atoms with E-state index in [0.717, 1.165) is 36.2 Å². The number of nitrogens with zero attached hydrogens (tertiary/aromatic N) is 2. The molecule has 3 atom stereocenters. The smallest absolute Gasteiger partial charge is 0.348 e. The monoisotopic (exact) mass is 711 g/mol. The third-order valence-corrected chi connectivity index (χ3v) is 10.1. The third kappa shape index (κ3) is 9.06. The number of pyridine rings is 1. The number of benzene rings is 2. The standard InChI is InChI=1S/C36H39Cl2N3O6S/c1-41-16-8-7-11-25(41)22-46-36(43)34(23-9-5-4-6-10-23)40-19-26-13-15-33(48-26)35(42)47-31(18-27-28(37)20-39-21-29(27)38)24-12-14-30(44-2)32(17-24)45-3/h4-6,9-10,12-15,17,20-21,25,31,34,40H,7-8,11,16,18-19,22H2,1-3H3/t25-,31-,34?/m0/s1. The molecule has 3 heterocycles. The molecule has 0 aliphatic carbocycles. The number of ether oxygens (including phenoxy) is 4. The van der Waals surface area contributed by atoms with E-state index in [1.165, 1.54) is 30.8 Å². The van der Waals surface area contributed by atoms with Crippen molar-refractivity contribution in [2.45, 2.75) is 50.4 Å². The fourth-order valence-electron chi connectivity index (χ4n) is 5.67. The Kier molecular flexibility index (Phi) is 12.7. The van der Waals surface area contributed by atoms with Crippen LogP contribution in [-0.2, 0) is 27.2 Å². The Morgan fingerprint density at radius 2 is 1.73 bits per heavy atom. The van der Waals surface area contributed by atoms with Crippen molar-refractivity contribution in [3.05, 3.63) is 110 Å². The van der Waals surface area contributed by atoms with Crippen LogP contribution in [0.5, 0.6) is 11.5 Å². The number of hydrogen-bond donors (Lipinski definition) is 1. The third-order valence-electron chi connectivity index (χ3n) is 8.42. The van der Waals surface area contributed by atoms with Crippen LogP contribution in [0.15, 0.2) is 73.1 Å². The van der Waals surface area contributed by atoms with Gasteiger partial charge in [-0.1, -0.05) is 66.0 Å². The number of likely N-dealkylation sites (N-methyl/N-ethyl adjacent to an activating group) is 1. The van der Waals surface area contributed by atoms with Crippen molar-refractivity contribution < 1.29 is 28.5 Å². The zero-order chi connectivity index (χ0) is 34.0. The van der Waals surface area contributed by atoms with Gasteiger partial charge < -0.3 is 23.8 Å². The number of carbonyl (C=O) groups is 2. The molecule has 1 saturated heterocycles. The maximum atomic E-state index is 13.6. The van der Waals surface area contributed by atoms with Crippen LogP contribution in [0.1, 0.15) is 62.6 Å². The second kappa shape index (κ2) is 17.1. The summed E-state index contributed by atoms with van der Waals surface area (Å²) in [7, 11) is 5.16. The number of nitrogens with one attached hydrogen (secondary N) is 1. The average molecular weight is 713 g/mol. The molecule has 2 aromatic heterocycles. The van der Waals surface area contributed by atoms with Crippen LogP contribution in [0.25, 0.3) is 0 Å². The van der Waals surface area contributed by atoms with Gasteiger partial charge in [0.25, 0.3) is 0 Å². The van der Waals surface area contributed by atoms with E-state index in [-0.39, 0.29) is 18.4 Å². The van der Waals surface area contributed by atoms with Crippen molar-refractivity contribution in [1.29, 1.82) is 0 Å². The van der Waals surface area contributed by atoms with Crippen LogP contribution in [-0.4, -0.2) is 62.3 Å². The number of thiophene rings is 1. The lowest BCUT2D eigenvalue weighted by molar-refractivity contribution is -0.148. The number of rotatable bonds is 14. The molecule has 1 aliphatic heterocycles. The van der Waals surface area contributed by atoms with Crippen LogP contribution < -0.4 is 14.8 Å². The fourth-order valence-corrected chi connectivity index (χ4v) is 7.03. The van der Waals surface area contributed by atoms with Crippen molar-refractivity contribution >= 4 is 46.5 Å². The molecule has 0 bridgehead atoms. The van der Waals surface area contributed by atoms with E-state index in [1.54, 1.807) is 31.4 Å². The Morgan fingerprint density at radius 1 is 0.979 bits per heavy atom. The zero-order valence-electron chi connectivity index (χ0n) is 27.1. The maximum absolute atomic E-state index is 13.6. The molecule has 254 valence electrons. The molecule has 9 nitrogen and oxygen atoms in total. The SMILES string of the molecule is COc1ccc([C@H](Cc2c(Cl)cncc2Cl)OC(=O)c2ccc(CNC(C(=O)OC[C@@H]3CCCCN3C)c3ccccc3)s2)cc1OC. The lowest BCUT2D eigenvalue weighted by Gasteiger charge is -2.32. The number of likely N-dealkylation sites (tertiary alicyclic amines) is 1. The topological polar surface area (TPSA) is 99.2 Å². The predicted molar refractivity (Wildman–Crippen MR) is 187 cm³/mol. The summed E-state index contributed by atoms with van der Waals surface area (Å²) in [5, 5.41) is 4.08. The second-order valence-electron chi connectivity index (χ2n) is 11.5. The largest absolute Gasteiger partial charge is 0.493 e. The van der Waals surface area contributed by atoms with Gasteiger partial charge in [0.05, 0.1) is 24.3 Å². The van der Waals surface area contributed by atoms with Crippen LogP contribution in [0, 0.1) is 0 Å². The van der Waals surface area contributed by atoms with Gasteiger partial charge >= 0.3 is 11.9 Å². The number of aromatic nitrogens is 1. The molecule has 0 radical (unpaired) electrons. The van der Waals surface area contributed by atoms with E-state index < -0.39 is 18.1 Å². The summed E-state index contributed by atoms with van der Waals surface area (Å²) >= 11 is 14.2. The molecule has 4 aromatic rings. The van der Waals surface area contributed by atoms with E-state index in [2.05, 4.69) is 22.2 Å². The molecule has 0 amide bonds. The summed E-state index contributed by atoms with van der Waals surface area (Å²) in [5.41, 5.74) is 2.08. The summed E-state index contributed by atoms with van der Waals surface area (Å²) < 4.78 is 22.8. The van der Waals surface area contributed by atoms with Gasteiger partial charge in [-0.25, -0.2) is 9.59 Å². The molecular weight excluding hydrogens is 673 g/mol. The highest BCUT2D eigenvalue weighted by Gasteiger charge is 2.27. The van der Waals surface area contributed by atoms with Crippen molar-refractivity contribution in [2.24, 2.45) is 0 Å². The summed E-state index contributed by atoms with van der Waals surface area (Å²) in [6.07, 6.45) is 5.77. The molecule has 1 fully saturated rings. The fraction of sp³-hybridized carbons (Fsp3) is 0.361. The van der Waals surface area contributed by atoms with Crippen molar-refractivity contribution in [3.63, 3.8) is 0 Å². The van der Waals surface area contributed by atoms with E-state index in [9.17, 15) is 9.59 Å². The minimum atomic E-state index is -0.751. The summed E-state index contributed by atoms with van der Waals surface area (Å²) in [6, 6.07) is 17.9. The van der Waals surface area contributed by atoms with Crippen molar-refractivity contribution in [2.75, 3.05) is 34.4 Å². The van der Waals surface area contributed by atoms with Gasteiger partial charge in [-0.05, 0) is 67.4 Å². The minimum absolute atomic E-state index is 0.207. The Hall–Kier alpha value is -3.67. The summed E-state index contributed by atoms with van der Waals surface area (Å²) in [4.78, 5) is 34.5. The highest BCUT2D eigenvalue weighted by atomic mass is 35.5. The van der Waals surface area contributed by atoms with Gasteiger partial charge in [0.2, 0.25) is 0 Å². The van der Waals surface area contributed by atoms with Gasteiger partial charge in [-0.15, -0.1) is 11.3 Å². The first-order valence-electron chi connectivity index (χ1n) is 15.7. The van der Waals surface area contributed by atoms with Crippen molar-refractivity contribution in [1.82, 2.24) is 15.2 Å². The van der Waals surface area contributed by atoms with E-state index in [0.29, 0.717) is 50.7 Å². The lowest BCUT2D eigenvalue weighted by atomic mass is 10.0. The zero-order valence-corrected chi connectivity index (χ0v) is 29.4. The molecule has 48 heavy (non-hydrogen) atoms. The van der Waals surface area contributed by atoms with Crippen LogP contribution in [0.4, 0.5) is 0 Å². The maximum Gasteiger partial charge on any atom is 0.348 e. The quantitative estimate of drug-likeness (QED) is 0.134. The highest BCUT2D eigenvalue weighted by molar-refractivity contribution is 7.13. The summed E-state index contributed by atoms with van der Waals surface area (Å²) in [6.45, 7) is 1.70. The van der Waals surface area contributed by atoms with Crippen LogP contribution in [0.3, 0.4) is 0 Å². The Labute approximate surface area is 295 Å². The molecule has 1 unspecified atom stereocenters. The van der Waals surface area contributed by atoms with Gasteiger partial charge in [0.15, 0.2) is 11.5 Å². The van der Waals surface area contributed by atoms with Gasteiger partial charge in [-0.2, -0.15) is 0 Å². The molecule has 1 aliphatic rings. The van der Waals surface area contributed by atoms with Crippen LogP contribution >= 0.6 is 34.5 Å².